The van der Waals surface area contributed by atoms with Crippen LogP contribution in [0.15, 0.2) is 18.2 Å². The monoisotopic (exact) mass is 254 g/mol. The molecule has 94 valence electrons. The van der Waals surface area contributed by atoms with Crippen molar-refractivity contribution in [3.05, 3.63) is 28.8 Å². The van der Waals surface area contributed by atoms with Gasteiger partial charge in [0, 0.05) is 23.8 Å². The van der Waals surface area contributed by atoms with Gasteiger partial charge in [-0.3, -0.25) is 4.90 Å². The van der Waals surface area contributed by atoms with Crippen LogP contribution >= 0.6 is 11.6 Å². The van der Waals surface area contributed by atoms with Gasteiger partial charge in [0.2, 0.25) is 0 Å². The second-order valence-electron chi connectivity index (χ2n) is 5.15. The molecule has 0 amide bonds. The van der Waals surface area contributed by atoms with E-state index in [0.29, 0.717) is 11.6 Å². The number of hydrogen-bond donors (Lipinski definition) is 2. The minimum Gasteiger partial charge on any atom is -0.398 e. The zero-order valence-corrected chi connectivity index (χ0v) is 10.9. The number of β-amino-alcohol motifs (C(OH)–C–C–N with tert-alkyl or cyclic N) is 1. The third-order valence-electron chi connectivity index (χ3n) is 3.25. The topological polar surface area (TPSA) is 49.5 Å². The molecule has 1 atom stereocenters. The second kappa shape index (κ2) is 4.84. The van der Waals surface area contributed by atoms with Crippen LogP contribution in [0, 0.1) is 0 Å². The molecule has 0 bridgehead atoms. The summed E-state index contributed by atoms with van der Waals surface area (Å²) in [5.41, 5.74) is 7.15. The molecule has 0 aromatic heterocycles. The number of anilines is 1. The molecule has 1 aliphatic rings. The molecular formula is C13H19ClN2O. The van der Waals surface area contributed by atoms with E-state index in [1.54, 1.807) is 6.07 Å². The van der Waals surface area contributed by atoms with Crippen molar-refractivity contribution in [3.63, 3.8) is 0 Å². The molecule has 3 nitrogen and oxygen atoms in total. The number of aliphatic hydroxyl groups is 1. The van der Waals surface area contributed by atoms with E-state index in [9.17, 15) is 5.11 Å². The number of nitrogen functional groups attached to an aromatic ring is 1. The smallest absolute Gasteiger partial charge is 0.0746 e. The van der Waals surface area contributed by atoms with Crippen LogP contribution in [0.1, 0.15) is 25.3 Å². The molecule has 0 radical (unpaired) electrons. The fraction of sp³-hybridized carbons (Fsp3) is 0.538. The van der Waals surface area contributed by atoms with E-state index in [2.05, 4.69) is 4.90 Å². The summed E-state index contributed by atoms with van der Waals surface area (Å²) in [6.45, 7) is 4.34. The van der Waals surface area contributed by atoms with E-state index >= 15 is 0 Å². The van der Waals surface area contributed by atoms with E-state index < -0.39 is 5.60 Å². The molecule has 1 aromatic rings. The summed E-state index contributed by atoms with van der Waals surface area (Å²) in [6, 6.07) is 5.53. The molecule has 1 fully saturated rings. The van der Waals surface area contributed by atoms with Crippen molar-refractivity contribution in [2.75, 3.05) is 18.8 Å². The molecule has 0 spiro atoms. The minimum absolute atomic E-state index is 0.578. The average molecular weight is 255 g/mol. The number of piperidine rings is 1. The molecule has 17 heavy (non-hydrogen) atoms. The van der Waals surface area contributed by atoms with Crippen molar-refractivity contribution in [1.82, 2.24) is 4.90 Å². The highest BCUT2D eigenvalue weighted by atomic mass is 35.5. The Morgan fingerprint density at radius 3 is 3.00 bits per heavy atom. The van der Waals surface area contributed by atoms with Crippen LogP contribution in [0.4, 0.5) is 5.69 Å². The molecule has 4 heteroatoms. The Hall–Kier alpha value is -0.770. The van der Waals surface area contributed by atoms with Gasteiger partial charge in [-0.15, -0.1) is 0 Å². The summed E-state index contributed by atoms with van der Waals surface area (Å²) < 4.78 is 0. The van der Waals surface area contributed by atoms with Crippen LogP contribution in [-0.4, -0.2) is 28.7 Å². The second-order valence-corrected chi connectivity index (χ2v) is 5.59. The van der Waals surface area contributed by atoms with Crippen LogP contribution in [0.3, 0.4) is 0 Å². The van der Waals surface area contributed by atoms with Gasteiger partial charge in [0.25, 0.3) is 0 Å². The van der Waals surface area contributed by atoms with E-state index in [1.807, 2.05) is 19.1 Å². The summed E-state index contributed by atoms with van der Waals surface area (Å²) in [4.78, 5) is 2.23. The summed E-state index contributed by atoms with van der Waals surface area (Å²) in [7, 11) is 0. The molecule has 0 aliphatic carbocycles. The predicted octanol–water partition coefficient (Wildman–Crippen LogP) is 2.27. The Bertz CT molecular complexity index is 406. The van der Waals surface area contributed by atoms with Crippen LogP contribution < -0.4 is 5.73 Å². The van der Waals surface area contributed by atoms with Crippen LogP contribution in [-0.2, 0) is 6.54 Å². The lowest BCUT2D eigenvalue weighted by Crippen LogP contribution is -2.45. The van der Waals surface area contributed by atoms with Crippen molar-refractivity contribution in [2.45, 2.75) is 31.9 Å². The zero-order valence-electron chi connectivity index (χ0n) is 10.1. The van der Waals surface area contributed by atoms with Gasteiger partial charge >= 0.3 is 0 Å². The lowest BCUT2D eigenvalue weighted by atomic mass is 9.95. The Kier molecular flexibility index (Phi) is 3.61. The Balaban J connectivity index is 2.07. The number of benzene rings is 1. The first-order valence-electron chi connectivity index (χ1n) is 5.95. The summed E-state index contributed by atoms with van der Waals surface area (Å²) in [6.07, 6.45) is 1.89. The predicted molar refractivity (Wildman–Crippen MR) is 71.0 cm³/mol. The molecule has 1 aromatic carbocycles. The summed E-state index contributed by atoms with van der Waals surface area (Å²) >= 11 is 5.97. The SMILES string of the molecule is CC1(O)CCCN(Cc2cc(Cl)ccc2N)C1. The molecule has 1 aliphatic heterocycles. The molecule has 2 rings (SSSR count). The van der Waals surface area contributed by atoms with Gasteiger partial charge in [-0.05, 0) is 50.1 Å². The largest absolute Gasteiger partial charge is 0.398 e. The van der Waals surface area contributed by atoms with Gasteiger partial charge in [0.1, 0.15) is 0 Å². The highest BCUT2D eigenvalue weighted by Crippen LogP contribution is 2.24. The van der Waals surface area contributed by atoms with E-state index in [4.69, 9.17) is 17.3 Å². The van der Waals surface area contributed by atoms with Crippen molar-refractivity contribution < 1.29 is 5.11 Å². The van der Waals surface area contributed by atoms with Crippen LogP contribution in [0.2, 0.25) is 5.02 Å². The number of halogens is 1. The van der Waals surface area contributed by atoms with Crippen molar-refractivity contribution in [1.29, 1.82) is 0 Å². The summed E-state index contributed by atoms with van der Waals surface area (Å²) in [5, 5.41) is 10.8. The Morgan fingerprint density at radius 2 is 2.29 bits per heavy atom. The quantitative estimate of drug-likeness (QED) is 0.796. The maximum absolute atomic E-state index is 10.0. The number of rotatable bonds is 2. The molecular weight excluding hydrogens is 236 g/mol. The highest BCUT2D eigenvalue weighted by Gasteiger charge is 2.28. The average Bonchev–Trinajstić information content (AvgIpc) is 2.22. The fourth-order valence-corrected chi connectivity index (χ4v) is 2.61. The van der Waals surface area contributed by atoms with E-state index in [1.165, 1.54) is 0 Å². The highest BCUT2D eigenvalue weighted by molar-refractivity contribution is 6.30. The normalized spacial score (nSPS) is 26.1. The van der Waals surface area contributed by atoms with E-state index in [-0.39, 0.29) is 0 Å². The summed E-state index contributed by atoms with van der Waals surface area (Å²) in [5.74, 6) is 0. The number of nitrogens with two attached hydrogens (primary N) is 1. The lowest BCUT2D eigenvalue weighted by Gasteiger charge is -2.37. The minimum atomic E-state index is -0.578. The van der Waals surface area contributed by atoms with E-state index in [0.717, 1.165) is 37.2 Å². The first-order valence-corrected chi connectivity index (χ1v) is 6.33. The molecule has 3 N–H and O–H groups in total. The van der Waals surface area contributed by atoms with Gasteiger partial charge in [0.15, 0.2) is 0 Å². The van der Waals surface area contributed by atoms with Gasteiger partial charge in [-0.25, -0.2) is 0 Å². The van der Waals surface area contributed by atoms with Crippen molar-refractivity contribution in [2.24, 2.45) is 0 Å². The van der Waals surface area contributed by atoms with Crippen molar-refractivity contribution >= 4 is 17.3 Å². The first kappa shape index (κ1) is 12.7. The zero-order chi connectivity index (χ0) is 12.5. The lowest BCUT2D eigenvalue weighted by molar-refractivity contribution is -0.0180. The van der Waals surface area contributed by atoms with Crippen LogP contribution in [0.25, 0.3) is 0 Å². The van der Waals surface area contributed by atoms with Crippen molar-refractivity contribution in [3.8, 4) is 0 Å². The number of nitrogens with zero attached hydrogens (tertiary/aromatic N) is 1. The van der Waals surface area contributed by atoms with Crippen LogP contribution in [0.5, 0.6) is 0 Å². The Labute approximate surface area is 107 Å². The third kappa shape index (κ3) is 3.35. The van der Waals surface area contributed by atoms with Gasteiger partial charge in [-0.2, -0.15) is 0 Å². The molecule has 1 saturated heterocycles. The molecule has 1 unspecified atom stereocenters. The van der Waals surface area contributed by atoms with Gasteiger partial charge in [0.05, 0.1) is 5.60 Å². The number of hydrogen-bond acceptors (Lipinski definition) is 3. The maximum Gasteiger partial charge on any atom is 0.0746 e. The number of likely N-dealkylation sites (tertiary alicyclic amines) is 1. The third-order valence-corrected chi connectivity index (χ3v) is 3.49. The van der Waals surface area contributed by atoms with Gasteiger partial charge < -0.3 is 10.8 Å². The standard InChI is InChI=1S/C13H19ClN2O/c1-13(17)5-2-6-16(9-13)8-10-7-11(14)3-4-12(10)15/h3-4,7,17H,2,5-6,8-9,15H2,1H3. The first-order chi connectivity index (χ1) is 7.96. The molecule has 0 saturated carbocycles. The molecule has 1 heterocycles. The van der Waals surface area contributed by atoms with Gasteiger partial charge in [-0.1, -0.05) is 11.6 Å². The Morgan fingerprint density at radius 1 is 1.53 bits per heavy atom. The maximum atomic E-state index is 10.0. The fourth-order valence-electron chi connectivity index (χ4n) is 2.41.